The van der Waals surface area contributed by atoms with Crippen molar-refractivity contribution in [3.63, 3.8) is 0 Å². The SMILES string of the molecule is CC[C@H]1OC(=O)[C@H](C)[C@@H](O[C@H]2C[C@@](C)(OC)[C@@H](O)[C@H](C)O2)[C@H](C)[C@@H](O[C@@H]2O[C@H](C)C[C@H](N(C)C)[C@H]2Oc2cnc3ccccc3c2)[C@](C)(O)C[C@@H](C)CN(C)[C@H](C)[C@@H](O)[C@]1(C)O. The van der Waals surface area contributed by atoms with Crippen molar-refractivity contribution in [2.75, 3.05) is 34.8 Å². The van der Waals surface area contributed by atoms with E-state index in [2.05, 4.69) is 9.88 Å². The molecule has 18 atom stereocenters. The Hall–Kier alpha value is -2.54. The normalized spacial score (nSPS) is 43.5. The van der Waals surface area contributed by atoms with Gasteiger partial charge in [-0.05, 0) is 107 Å². The van der Waals surface area contributed by atoms with E-state index < -0.39 is 96.0 Å². The maximum absolute atomic E-state index is 14.5. The Labute approximate surface area is 369 Å². The van der Waals surface area contributed by atoms with Crippen molar-refractivity contribution >= 4 is 16.9 Å². The molecule has 5 rings (SSSR count). The number of carbonyl (C=O) groups excluding carboxylic acids is 1. The second-order valence-electron chi connectivity index (χ2n) is 19.6. The van der Waals surface area contributed by atoms with Crippen molar-refractivity contribution in [1.29, 1.82) is 0 Å². The molecule has 0 amide bonds. The van der Waals surface area contributed by atoms with Crippen molar-refractivity contribution in [3.05, 3.63) is 36.5 Å². The smallest absolute Gasteiger partial charge is 0.311 e. The number of ether oxygens (including phenoxy) is 7. The van der Waals surface area contributed by atoms with Crippen molar-refractivity contribution in [3.8, 4) is 5.75 Å². The Morgan fingerprint density at radius 2 is 1.63 bits per heavy atom. The number of cyclic esters (lactones) is 1. The number of para-hydroxylation sites is 1. The zero-order valence-electron chi connectivity index (χ0n) is 39.6. The topological polar surface area (TPSA) is 182 Å². The second-order valence-corrected chi connectivity index (χ2v) is 19.6. The fraction of sp³-hybridized carbons (Fsp3) is 0.787. The summed E-state index contributed by atoms with van der Waals surface area (Å²) >= 11 is 0. The minimum atomic E-state index is -1.81. The van der Waals surface area contributed by atoms with Crippen LogP contribution < -0.4 is 4.74 Å². The van der Waals surface area contributed by atoms with E-state index in [1.807, 2.05) is 84.1 Å². The van der Waals surface area contributed by atoms with Gasteiger partial charge in [0.2, 0.25) is 0 Å². The highest BCUT2D eigenvalue weighted by Crippen LogP contribution is 2.41. The monoisotopic (exact) mass is 876 g/mol. The number of rotatable bonds is 9. The summed E-state index contributed by atoms with van der Waals surface area (Å²) < 4.78 is 45.7. The van der Waals surface area contributed by atoms with E-state index in [0.29, 0.717) is 18.7 Å². The number of likely N-dealkylation sites (N-methyl/N-ethyl adjacent to an activating group) is 2. The highest BCUT2D eigenvalue weighted by molar-refractivity contribution is 5.79. The molecule has 2 aromatic rings. The number of esters is 1. The van der Waals surface area contributed by atoms with E-state index in [9.17, 15) is 25.2 Å². The predicted octanol–water partition coefficient (Wildman–Crippen LogP) is 4.54. The van der Waals surface area contributed by atoms with Crippen LogP contribution in [-0.2, 0) is 33.2 Å². The molecule has 0 spiro atoms. The van der Waals surface area contributed by atoms with E-state index in [1.54, 1.807) is 40.8 Å². The van der Waals surface area contributed by atoms with Gasteiger partial charge in [0.1, 0.15) is 29.7 Å². The molecule has 0 unspecified atom stereocenters. The zero-order chi connectivity index (χ0) is 46.1. The van der Waals surface area contributed by atoms with Crippen LogP contribution in [0.15, 0.2) is 36.5 Å². The van der Waals surface area contributed by atoms with Crippen LogP contribution in [0, 0.1) is 17.8 Å². The largest absolute Gasteiger partial charge is 0.482 e. The van der Waals surface area contributed by atoms with Crippen LogP contribution in [0.25, 0.3) is 10.9 Å². The van der Waals surface area contributed by atoms with Gasteiger partial charge in [0.15, 0.2) is 18.7 Å². The van der Waals surface area contributed by atoms with Crippen molar-refractivity contribution in [2.45, 2.75) is 185 Å². The van der Waals surface area contributed by atoms with E-state index >= 15 is 0 Å². The highest BCUT2D eigenvalue weighted by atomic mass is 16.7. The van der Waals surface area contributed by atoms with E-state index in [0.717, 1.165) is 10.9 Å². The molecule has 15 heteroatoms. The van der Waals surface area contributed by atoms with Gasteiger partial charge >= 0.3 is 5.97 Å². The summed E-state index contributed by atoms with van der Waals surface area (Å²) in [5.41, 5.74) is -3.59. The van der Waals surface area contributed by atoms with Crippen molar-refractivity contribution < 1.29 is 58.4 Å². The summed E-state index contributed by atoms with van der Waals surface area (Å²) in [5.74, 6) is -2.07. The van der Waals surface area contributed by atoms with Gasteiger partial charge in [-0.2, -0.15) is 0 Å². The van der Waals surface area contributed by atoms with Crippen LogP contribution >= 0.6 is 0 Å². The molecule has 62 heavy (non-hydrogen) atoms. The van der Waals surface area contributed by atoms with Gasteiger partial charge in [-0.15, -0.1) is 0 Å². The number of benzene rings is 1. The Balaban J connectivity index is 1.62. The average molecular weight is 876 g/mol. The first-order chi connectivity index (χ1) is 28.9. The minimum absolute atomic E-state index is 0.130. The van der Waals surface area contributed by atoms with Gasteiger partial charge in [-0.1, -0.05) is 39.0 Å². The molecule has 3 aliphatic rings. The molecule has 4 heterocycles. The number of fused-ring (bicyclic) bond motifs is 1. The summed E-state index contributed by atoms with van der Waals surface area (Å²) in [5, 5.41) is 48.5. The quantitative estimate of drug-likeness (QED) is 0.258. The Morgan fingerprint density at radius 3 is 2.27 bits per heavy atom. The van der Waals surface area contributed by atoms with Gasteiger partial charge in [0.25, 0.3) is 0 Å². The lowest BCUT2D eigenvalue weighted by molar-refractivity contribution is -0.316. The molecule has 0 bridgehead atoms. The van der Waals surface area contributed by atoms with Gasteiger partial charge in [-0.25, -0.2) is 0 Å². The lowest BCUT2D eigenvalue weighted by Gasteiger charge is -2.49. The molecular formula is C47H77N3O12. The molecule has 4 N–H and O–H groups in total. The molecule has 15 nitrogen and oxygen atoms in total. The lowest BCUT2D eigenvalue weighted by Crippen LogP contribution is -2.61. The number of carbonyl (C=O) groups is 1. The number of hydrogen-bond donors (Lipinski definition) is 4. The average Bonchev–Trinajstić information content (AvgIpc) is 3.21. The van der Waals surface area contributed by atoms with Crippen molar-refractivity contribution in [1.82, 2.24) is 14.8 Å². The fourth-order valence-electron chi connectivity index (χ4n) is 10.1. The van der Waals surface area contributed by atoms with Gasteiger partial charge in [0, 0.05) is 37.4 Å². The first kappa shape index (κ1) is 50.5. The van der Waals surface area contributed by atoms with E-state index in [-0.39, 0.29) is 37.3 Å². The number of aliphatic hydroxyl groups excluding tert-OH is 2. The Bertz CT molecular complexity index is 1770. The first-order valence-corrected chi connectivity index (χ1v) is 22.5. The van der Waals surface area contributed by atoms with E-state index in [1.165, 1.54) is 14.0 Å². The van der Waals surface area contributed by atoms with Crippen LogP contribution in [0.3, 0.4) is 0 Å². The van der Waals surface area contributed by atoms with Gasteiger partial charge in [-0.3, -0.25) is 9.78 Å². The lowest BCUT2D eigenvalue weighted by atomic mass is 9.77. The highest BCUT2D eigenvalue weighted by Gasteiger charge is 2.53. The zero-order valence-corrected chi connectivity index (χ0v) is 39.6. The molecule has 3 saturated heterocycles. The number of hydrogen-bond acceptors (Lipinski definition) is 15. The van der Waals surface area contributed by atoms with E-state index in [4.69, 9.17) is 33.2 Å². The molecule has 3 fully saturated rings. The summed E-state index contributed by atoms with van der Waals surface area (Å²) in [6, 6.07) is 9.02. The molecule has 1 aromatic heterocycles. The number of pyridine rings is 1. The molecule has 352 valence electrons. The first-order valence-electron chi connectivity index (χ1n) is 22.5. The number of aliphatic hydroxyl groups is 4. The minimum Gasteiger partial charge on any atom is -0.482 e. The summed E-state index contributed by atoms with van der Waals surface area (Å²) in [6.45, 7) is 18.4. The molecular weight excluding hydrogens is 799 g/mol. The summed E-state index contributed by atoms with van der Waals surface area (Å²) in [6.07, 6.45) is -6.05. The number of methoxy groups -OCH3 is 1. The maximum Gasteiger partial charge on any atom is 0.311 e. The van der Waals surface area contributed by atoms with Crippen LogP contribution in [0.5, 0.6) is 5.75 Å². The molecule has 1 aromatic carbocycles. The van der Waals surface area contributed by atoms with Crippen LogP contribution in [-0.4, -0.2) is 166 Å². The third kappa shape index (κ3) is 11.1. The van der Waals surface area contributed by atoms with Gasteiger partial charge in [0.05, 0.1) is 59.3 Å². The third-order valence-corrected chi connectivity index (χ3v) is 14.0. The van der Waals surface area contributed by atoms with Crippen LogP contribution in [0.4, 0.5) is 0 Å². The Morgan fingerprint density at radius 1 is 0.952 bits per heavy atom. The molecule has 0 aliphatic carbocycles. The Kier molecular flexibility index (Phi) is 16.5. The van der Waals surface area contributed by atoms with Crippen LogP contribution in [0.1, 0.15) is 94.9 Å². The van der Waals surface area contributed by atoms with Crippen molar-refractivity contribution in [2.24, 2.45) is 17.8 Å². The fourth-order valence-corrected chi connectivity index (χ4v) is 10.1. The number of nitrogens with zero attached hydrogens (tertiary/aromatic N) is 3. The summed E-state index contributed by atoms with van der Waals surface area (Å²) in [4.78, 5) is 23.2. The maximum atomic E-state index is 14.5. The second kappa shape index (κ2) is 20.3. The molecule has 0 radical (unpaired) electrons. The molecule has 0 saturated carbocycles. The predicted molar refractivity (Wildman–Crippen MR) is 234 cm³/mol. The summed E-state index contributed by atoms with van der Waals surface area (Å²) in [7, 11) is 7.36. The number of aromatic nitrogens is 1. The molecule has 3 aliphatic heterocycles. The van der Waals surface area contributed by atoms with Crippen LogP contribution in [0.2, 0.25) is 0 Å². The van der Waals surface area contributed by atoms with Gasteiger partial charge < -0.3 is 63.4 Å². The third-order valence-electron chi connectivity index (χ3n) is 14.0. The standard InChI is InChI=1S/C47H77N3O12/c1-15-36-47(10,55)40(51)30(6)50(13)25-26(2)22-45(8,54)42(28(4)38(29(5)43(53)60-36)61-37-23-46(9,56-14)41(52)31(7)58-37)62-44-39(35(49(11)12)20-27(3)57-44)59-33-21-32-18-16-17-19-34(32)48-24-33/h16-19,21,24,26-31,35-42,44,51-52,54-55H,15,20,22-23,25H2,1-14H3/t26-,27-,28+,29-,30-,31+,35+,36-,37+,38+,39-,40-,41+,42-,44+,45-,46-,47-/m1/s1.